The lowest BCUT2D eigenvalue weighted by Crippen LogP contribution is -2.25. The largest absolute Gasteiger partial charge is 0.451 e. The fourth-order valence-corrected chi connectivity index (χ4v) is 4.84. The fourth-order valence-electron chi connectivity index (χ4n) is 3.33. The highest BCUT2D eigenvalue weighted by atomic mass is 32.2. The van der Waals surface area contributed by atoms with Crippen LogP contribution in [0.2, 0.25) is 0 Å². The molecule has 0 aliphatic heterocycles. The van der Waals surface area contributed by atoms with Crippen LogP contribution in [0.5, 0.6) is 0 Å². The Balaban J connectivity index is 1.62. The topological polar surface area (TPSA) is 89.1 Å². The smallest absolute Gasteiger partial charge is 0.338 e. The van der Waals surface area contributed by atoms with Crippen LogP contribution >= 0.6 is 23.1 Å². The molecule has 2 aromatic heterocycles. The summed E-state index contributed by atoms with van der Waals surface area (Å²) in [6.07, 6.45) is -0.981. The van der Waals surface area contributed by atoms with Crippen molar-refractivity contribution in [3.63, 3.8) is 0 Å². The van der Waals surface area contributed by atoms with Gasteiger partial charge in [-0.15, -0.1) is 23.1 Å². The maximum atomic E-state index is 12.8. The molecule has 1 aromatic carbocycles. The molecule has 8 heteroatoms. The van der Waals surface area contributed by atoms with Crippen molar-refractivity contribution < 1.29 is 19.1 Å². The molecule has 0 radical (unpaired) electrons. The number of hydrogen-bond donors (Lipinski definition) is 1. The third-order valence-corrected chi connectivity index (χ3v) is 6.70. The molecular weight excluding hydrogens is 432 g/mol. The molecule has 31 heavy (non-hydrogen) atoms. The van der Waals surface area contributed by atoms with E-state index in [-0.39, 0.29) is 11.6 Å². The van der Waals surface area contributed by atoms with Crippen LogP contribution in [0.3, 0.4) is 0 Å². The van der Waals surface area contributed by atoms with E-state index in [0.29, 0.717) is 28.1 Å². The van der Waals surface area contributed by atoms with Gasteiger partial charge in [-0.1, -0.05) is 0 Å². The van der Waals surface area contributed by atoms with E-state index in [1.165, 1.54) is 13.8 Å². The number of benzene rings is 1. The van der Waals surface area contributed by atoms with Crippen molar-refractivity contribution in [3.05, 3.63) is 68.4 Å². The Morgan fingerprint density at radius 3 is 2.39 bits per heavy atom. The lowest BCUT2D eigenvalue weighted by Gasteiger charge is -2.12. The molecule has 0 saturated carbocycles. The first kappa shape index (κ1) is 23.0. The standard InChI is InChI=1S/C23H24N2O4S2/c1-12-20(14(3)26)13(2)24-21(12)22(27)15(4)29-23(28)17-6-8-19(9-7-17)31-11-18-10-30-16(5)25-18/h6-10,15,24H,11H2,1-5H3. The molecule has 0 fully saturated rings. The zero-order chi connectivity index (χ0) is 22.7. The van der Waals surface area contributed by atoms with Gasteiger partial charge in [0.2, 0.25) is 5.78 Å². The molecule has 0 saturated heterocycles. The van der Waals surface area contributed by atoms with E-state index in [4.69, 9.17) is 4.74 Å². The lowest BCUT2D eigenvalue weighted by atomic mass is 10.0. The van der Waals surface area contributed by atoms with Crippen molar-refractivity contribution in [2.45, 2.75) is 51.4 Å². The van der Waals surface area contributed by atoms with E-state index in [1.54, 1.807) is 49.1 Å². The normalized spacial score (nSPS) is 11.9. The van der Waals surface area contributed by atoms with E-state index in [9.17, 15) is 14.4 Å². The van der Waals surface area contributed by atoms with Crippen molar-refractivity contribution in [2.75, 3.05) is 0 Å². The van der Waals surface area contributed by atoms with Crippen LogP contribution in [0, 0.1) is 20.8 Å². The first-order valence-electron chi connectivity index (χ1n) is 9.76. The Hall–Kier alpha value is -2.71. The molecule has 0 aliphatic rings. The van der Waals surface area contributed by atoms with Crippen LogP contribution < -0.4 is 0 Å². The Morgan fingerprint density at radius 1 is 1.16 bits per heavy atom. The number of Topliss-reactive ketones (excluding diaryl/α,β-unsaturated/α-hetero) is 2. The quantitative estimate of drug-likeness (QED) is 0.280. The van der Waals surface area contributed by atoms with Crippen molar-refractivity contribution in [1.29, 1.82) is 0 Å². The average Bonchev–Trinajstić information content (AvgIpc) is 3.27. The molecule has 3 aromatic rings. The number of rotatable bonds is 8. The minimum Gasteiger partial charge on any atom is -0.451 e. The van der Waals surface area contributed by atoms with Crippen molar-refractivity contribution in [3.8, 4) is 0 Å². The number of thioether (sulfide) groups is 1. The number of nitrogens with zero attached hydrogens (tertiary/aromatic N) is 1. The minimum absolute atomic E-state index is 0.113. The molecule has 0 bridgehead atoms. The number of aromatic nitrogens is 2. The highest BCUT2D eigenvalue weighted by molar-refractivity contribution is 7.98. The number of aryl methyl sites for hydroxylation is 2. The van der Waals surface area contributed by atoms with Crippen LogP contribution in [-0.4, -0.2) is 33.6 Å². The van der Waals surface area contributed by atoms with Gasteiger partial charge < -0.3 is 9.72 Å². The van der Waals surface area contributed by atoms with Crippen LogP contribution in [-0.2, 0) is 10.5 Å². The molecule has 0 amide bonds. The van der Waals surface area contributed by atoms with Crippen LogP contribution in [0.25, 0.3) is 0 Å². The maximum absolute atomic E-state index is 12.8. The van der Waals surface area contributed by atoms with Crippen LogP contribution in [0.15, 0.2) is 34.5 Å². The molecule has 1 N–H and O–H groups in total. The number of ketones is 2. The molecule has 3 rings (SSSR count). The van der Waals surface area contributed by atoms with E-state index in [2.05, 4.69) is 9.97 Å². The van der Waals surface area contributed by atoms with Gasteiger partial charge in [0.15, 0.2) is 11.9 Å². The van der Waals surface area contributed by atoms with Gasteiger partial charge in [-0.2, -0.15) is 0 Å². The third-order valence-electron chi connectivity index (χ3n) is 4.83. The summed E-state index contributed by atoms with van der Waals surface area (Å²) in [4.78, 5) is 45.5. The zero-order valence-corrected chi connectivity index (χ0v) is 19.7. The predicted molar refractivity (Wildman–Crippen MR) is 122 cm³/mol. The number of carbonyl (C=O) groups is 3. The summed E-state index contributed by atoms with van der Waals surface area (Å²) in [6.45, 7) is 8.42. The number of hydrogen-bond acceptors (Lipinski definition) is 7. The lowest BCUT2D eigenvalue weighted by molar-refractivity contribution is 0.0317. The van der Waals surface area contributed by atoms with E-state index in [0.717, 1.165) is 21.3 Å². The second-order valence-electron chi connectivity index (χ2n) is 7.26. The number of aromatic amines is 1. The number of nitrogens with one attached hydrogen (secondary N) is 1. The molecule has 0 aliphatic carbocycles. The molecule has 1 unspecified atom stereocenters. The minimum atomic E-state index is -0.981. The molecule has 6 nitrogen and oxygen atoms in total. The highest BCUT2D eigenvalue weighted by Gasteiger charge is 2.26. The van der Waals surface area contributed by atoms with E-state index in [1.807, 2.05) is 24.4 Å². The number of carbonyl (C=O) groups excluding carboxylic acids is 3. The SMILES string of the molecule is CC(=O)c1c(C)[nH]c(C(=O)C(C)OC(=O)c2ccc(SCc3csc(C)n3)cc2)c1C. The van der Waals surface area contributed by atoms with Gasteiger partial charge in [-0.05, 0) is 64.4 Å². The Labute approximate surface area is 189 Å². The van der Waals surface area contributed by atoms with Gasteiger partial charge in [0.05, 0.1) is 22.0 Å². The molecule has 2 heterocycles. The summed E-state index contributed by atoms with van der Waals surface area (Å²) in [5.41, 5.74) is 3.42. The number of esters is 1. The number of thiazole rings is 1. The third kappa shape index (κ3) is 5.32. The Kier molecular flexibility index (Phi) is 7.12. The van der Waals surface area contributed by atoms with Crippen molar-refractivity contribution in [2.24, 2.45) is 0 Å². The van der Waals surface area contributed by atoms with Crippen molar-refractivity contribution in [1.82, 2.24) is 9.97 Å². The second kappa shape index (κ2) is 9.62. The van der Waals surface area contributed by atoms with Gasteiger partial charge in [0.25, 0.3) is 0 Å². The average molecular weight is 457 g/mol. The predicted octanol–water partition coefficient (Wildman–Crippen LogP) is 5.32. The highest BCUT2D eigenvalue weighted by Crippen LogP contribution is 2.25. The van der Waals surface area contributed by atoms with Crippen LogP contribution in [0.1, 0.15) is 67.0 Å². The Bertz CT molecular complexity index is 1130. The maximum Gasteiger partial charge on any atom is 0.338 e. The Morgan fingerprint density at radius 2 is 1.84 bits per heavy atom. The number of H-pyrrole nitrogens is 1. The van der Waals surface area contributed by atoms with Gasteiger partial charge in [0, 0.05) is 27.3 Å². The molecule has 162 valence electrons. The summed E-state index contributed by atoms with van der Waals surface area (Å²) in [5, 5.41) is 3.08. The first-order valence-corrected chi connectivity index (χ1v) is 11.6. The summed E-state index contributed by atoms with van der Waals surface area (Å²) >= 11 is 3.26. The van der Waals surface area contributed by atoms with E-state index >= 15 is 0 Å². The summed E-state index contributed by atoms with van der Waals surface area (Å²) in [7, 11) is 0. The van der Waals surface area contributed by atoms with E-state index < -0.39 is 12.1 Å². The zero-order valence-electron chi connectivity index (χ0n) is 18.1. The molecular formula is C23H24N2O4S2. The number of ether oxygens (including phenoxy) is 1. The van der Waals surface area contributed by atoms with Gasteiger partial charge in [0.1, 0.15) is 0 Å². The summed E-state index contributed by atoms with van der Waals surface area (Å²) in [5.74, 6) is -0.290. The van der Waals surface area contributed by atoms with Gasteiger partial charge in [-0.3, -0.25) is 9.59 Å². The van der Waals surface area contributed by atoms with Crippen LogP contribution in [0.4, 0.5) is 0 Å². The molecule has 0 spiro atoms. The summed E-state index contributed by atoms with van der Waals surface area (Å²) in [6, 6.07) is 7.08. The summed E-state index contributed by atoms with van der Waals surface area (Å²) < 4.78 is 5.38. The first-order chi connectivity index (χ1) is 14.7. The fraction of sp³-hybridized carbons (Fsp3) is 0.304. The monoisotopic (exact) mass is 456 g/mol. The molecule has 1 atom stereocenters. The van der Waals surface area contributed by atoms with Gasteiger partial charge >= 0.3 is 5.97 Å². The second-order valence-corrected chi connectivity index (χ2v) is 9.37. The van der Waals surface area contributed by atoms with Crippen molar-refractivity contribution >= 4 is 40.6 Å². The van der Waals surface area contributed by atoms with Gasteiger partial charge in [-0.25, -0.2) is 9.78 Å².